The van der Waals surface area contributed by atoms with Crippen LogP contribution < -0.4 is 0 Å². The molecule has 0 aliphatic rings. The molecule has 0 unspecified atom stereocenters. The molecule has 0 saturated carbocycles. The molecule has 0 spiro atoms. The Morgan fingerprint density at radius 3 is 2.55 bits per heavy atom. The minimum atomic E-state index is 0.333. The summed E-state index contributed by atoms with van der Waals surface area (Å²) in [5.41, 5.74) is 3.99. The van der Waals surface area contributed by atoms with Crippen molar-refractivity contribution in [2.75, 3.05) is 0 Å². The van der Waals surface area contributed by atoms with Crippen molar-refractivity contribution in [3.8, 4) is 17.0 Å². The molecule has 0 fully saturated rings. The minimum Gasteiger partial charge on any atom is -0.453 e. The summed E-state index contributed by atoms with van der Waals surface area (Å²) in [6.45, 7) is 0. The first-order chi connectivity index (χ1) is 10.8. The maximum absolute atomic E-state index is 10.7. The van der Waals surface area contributed by atoms with Crippen molar-refractivity contribution in [2.45, 2.75) is 0 Å². The largest absolute Gasteiger partial charge is 0.453 e. The fourth-order valence-electron chi connectivity index (χ4n) is 2.52. The van der Waals surface area contributed by atoms with Crippen LogP contribution in [0.25, 0.3) is 28.0 Å². The molecule has 0 saturated heterocycles. The number of fused-ring (bicyclic) bond motifs is 1. The highest BCUT2D eigenvalue weighted by atomic mass is 16.3. The standard InChI is InChI=1S/C18H12N2O2/c21-11-15-9-10-18(22-15)13-5-7-14(8-6-13)20-12-19-16-3-1-2-4-17(16)20/h1-12H. The summed E-state index contributed by atoms with van der Waals surface area (Å²) in [7, 11) is 0. The van der Waals surface area contributed by atoms with Crippen molar-refractivity contribution in [2.24, 2.45) is 0 Å². The van der Waals surface area contributed by atoms with Gasteiger partial charge in [-0.15, -0.1) is 0 Å². The second-order valence-electron chi connectivity index (χ2n) is 4.97. The Morgan fingerprint density at radius 2 is 1.77 bits per heavy atom. The van der Waals surface area contributed by atoms with Gasteiger partial charge in [0.25, 0.3) is 0 Å². The third-order valence-corrected chi connectivity index (χ3v) is 3.63. The molecule has 0 radical (unpaired) electrons. The van der Waals surface area contributed by atoms with E-state index in [1.807, 2.05) is 59.4 Å². The van der Waals surface area contributed by atoms with Crippen molar-refractivity contribution in [1.29, 1.82) is 0 Å². The molecule has 106 valence electrons. The summed E-state index contributed by atoms with van der Waals surface area (Å²) in [5.74, 6) is 1.02. The summed E-state index contributed by atoms with van der Waals surface area (Å²) < 4.78 is 7.47. The van der Waals surface area contributed by atoms with Crippen LogP contribution in [0.1, 0.15) is 10.6 Å². The van der Waals surface area contributed by atoms with Gasteiger partial charge in [-0.3, -0.25) is 9.36 Å². The van der Waals surface area contributed by atoms with Crippen LogP contribution in [0.3, 0.4) is 0 Å². The smallest absolute Gasteiger partial charge is 0.185 e. The summed E-state index contributed by atoms with van der Waals surface area (Å²) in [5, 5.41) is 0. The number of furan rings is 1. The van der Waals surface area contributed by atoms with Crippen LogP contribution in [0.15, 0.2) is 71.4 Å². The molecular weight excluding hydrogens is 276 g/mol. The normalized spacial score (nSPS) is 10.9. The molecule has 0 atom stereocenters. The summed E-state index contributed by atoms with van der Waals surface area (Å²) in [6, 6.07) is 19.4. The van der Waals surface area contributed by atoms with Crippen LogP contribution in [-0.4, -0.2) is 15.8 Å². The second kappa shape index (κ2) is 5.00. The van der Waals surface area contributed by atoms with Gasteiger partial charge in [0.05, 0.1) is 11.0 Å². The molecule has 0 aliphatic heterocycles. The van der Waals surface area contributed by atoms with Crippen molar-refractivity contribution in [3.05, 3.63) is 72.8 Å². The van der Waals surface area contributed by atoms with Gasteiger partial charge in [-0.2, -0.15) is 0 Å². The third-order valence-electron chi connectivity index (χ3n) is 3.63. The average molecular weight is 288 g/mol. The van der Waals surface area contributed by atoms with Gasteiger partial charge in [-0.1, -0.05) is 12.1 Å². The molecule has 2 aromatic heterocycles. The first-order valence-corrected chi connectivity index (χ1v) is 6.93. The zero-order valence-electron chi connectivity index (χ0n) is 11.6. The van der Waals surface area contributed by atoms with Crippen molar-refractivity contribution >= 4 is 17.3 Å². The molecule has 2 aromatic carbocycles. The van der Waals surface area contributed by atoms with Gasteiger partial charge in [-0.25, -0.2) is 4.98 Å². The van der Waals surface area contributed by atoms with Crippen molar-refractivity contribution in [1.82, 2.24) is 9.55 Å². The molecule has 4 rings (SSSR count). The quantitative estimate of drug-likeness (QED) is 0.533. The van der Waals surface area contributed by atoms with Crippen LogP contribution in [0.5, 0.6) is 0 Å². The fourth-order valence-corrected chi connectivity index (χ4v) is 2.52. The lowest BCUT2D eigenvalue weighted by atomic mass is 10.1. The molecular formula is C18H12N2O2. The zero-order chi connectivity index (χ0) is 14.9. The van der Waals surface area contributed by atoms with E-state index in [9.17, 15) is 4.79 Å². The van der Waals surface area contributed by atoms with Gasteiger partial charge in [0.15, 0.2) is 12.0 Å². The number of benzene rings is 2. The van der Waals surface area contributed by atoms with Gasteiger partial charge < -0.3 is 4.42 Å². The highest BCUT2D eigenvalue weighted by Crippen LogP contribution is 2.24. The van der Waals surface area contributed by atoms with E-state index < -0.39 is 0 Å². The first kappa shape index (κ1) is 12.6. The second-order valence-corrected chi connectivity index (χ2v) is 4.97. The van der Waals surface area contributed by atoms with Crippen LogP contribution in [0.4, 0.5) is 0 Å². The molecule has 0 aliphatic carbocycles. The van der Waals surface area contributed by atoms with E-state index in [-0.39, 0.29) is 0 Å². The average Bonchev–Trinajstić information content (AvgIpc) is 3.22. The number of nitrogens with zero attached hydrogens (tertiary/aromatic N) is 2. The number of rotatable bonds is 3. The Kier molecular flexibility index (Phi) is 2.86. The Hall–Kier alpha value is -3.14. The Balaban J connectivity index is 1.74. The number of hydrogen-bond acceptors (Lipinski definition) is 3. The number of carbonyl (C=O) groups is 1. The number of carbonyl (C=O) groups excluding carboxylic acids is 1. The molecule has 4 heteroatoms. The van der Waals surface area contributed by atoms with Crippen LogP contribution in [0.2, 0.25) is 0 Å². The Morgan fingerprint density at radius 1 is 0.955 bits per heavy atom. The summed E-state index contributed by atoms with van der Waals surface area (Å²) in [4.78, 5) is 15.1. The Labute approximate surface area is 126 Å². The van der Waals surface area contributed by atoms with E-state index >= 15 is 0 Å². The van der Waals surface area contributed by atoms with E-state index in [1.54, 1.807) is 12.1 Å². The highest BCUT2D eigenvalue weighted by Gasteiger charge is 2.06. The lowest BCUT2D eigenvalue weighted by Crippen LogP contribution is -1.91. The van der Waals surface area contributed by atoms with Gasteiger partial charge in [-0.05, 0) is 48.5 Å². The number of hydrogen-bond donors (Lipinski definition) is 0. The molecule has 4 aromatic rings. The van der Waals surface area contributed by atoms with Gasteiger partial charge in [0.1, 0.15) is 12.1 Å². The predicted molar refractivity (Wildman–Crippen MR) is 84.2 cm³/mol. The fraction of sp³-hybridized carbons (Fsp3) is 0. The van der Waals surface area contributed by atoms with Gasteiger partial charge in [0, 0.05) is 11.3 Å². The maximum atomic E-state index is 10.7. The molecule has 0 N–H and O–H groups in total. The van der Waals surface area contributed by atoms with E-state index in [0.717, 1.165) is 22.3 Å². The molecule has 0 amide bonds. The van der Waals surface area contributed by atoms with Crippen LogP contribution >= 0.6 is 0 Å². The number of para-hydroxylation sites is 2. The monoisotopic (exact) mass is 288 g/mol. The lowest BCUT2D eigenvalue weighted by Gasteiger charge is -2.05. The first-order valence-electron chi connectivity index (χ1n) is 6.93. The van der Waals surface area contributed by atoms with E-state index in [0.29, 0.717) is 17.8 Å². The third kappa shape index (κ3) is 2.02. The molecule has 22 heavy (non-hydrogen) atoms. The highest BCUT2D eigenvalue weighted by molar-refractivity contribution is 5.77. The molecule has 4 nitrogen and oxygen atoms in total. The summed E-state index contributed by atoms with van der Waals surface area (Å²) >= 11 is 0. The zero-order valence-corrected chi connectivity index (χ0v) is 11.6. The SMILES string of the molecule is O=Cc1ccc(-c2ccc(-n3cnc4ccccc43)cc2)o1. The number of aldehydes is 1. The van der Waals surface area contributed by atoms with Crippen LogP contribution in [0, 0.1) is 0 Å². The lowest BCUT2D eigenvalue weighted by molar-refractivity contribution is 0.110. The number of imidazole rings is 1. The van der Waals surface area contributed by atoms with Gasteiger partial charge in [0.2, 0.25) is 0 Å². The maximum Gasteiger partial charge on any atom is 0.185 e. The van der Waals surface area contributed by atoms with Crippen LogP contribution in [-0.2, 0) is 0 Å². The molecule has 0 bridgehead atoms. The minimum absolute atomic E-state index is 0.333. The topological polar surface area (TPSA) is 48.0 Å². The predicted octanol–water partition coefficient (Wildman–Crippen LogP) is 4.10. The number of aromatic nitrogens is 2. The van der Waals surface area contributed by atoms with E-state index in [2.05, 4.69) is 4.98 Å². The van der Waals surface area contributed by atoms with E-state index in [4.69, 9.17) is 4.42 Å². The summed E-state index contributed by atoms with van der Waals surface area (Å²) in [6.07, 6.45) is 2.52. The molecule has 2 heterocycles. The van der Waals surface area contributed by atoms with E-state index in [1.165, 1.54) is 0 Å². The van der Waals surface area contributed by atoms with Gasteiger partial charge >= 0.3 is 0 Å². The van der Waals surface area contributed by atoms with Crippen molar-refractivity contribution in [3.63, 3.8) is 0 Å². The van der Waals surface area contributed by atoms with Crippen molar-refractivity contribution < 1.29 is 9.21 Å². The Bertz CT molecular complexity index is 949.